The molecule has 3 aromatic rings. The highest BCUT2D eigenvalue weighted by atomic mass is 16.6. The Labute approximate surface area is 163 Å². The van der Waals surface area contributed by atoms with Gasteiger partial charge in [-0.25, -0.2) is 4.79 Å². The van der Waals surface area contributed by atoms with Gasteiger partial charge < -0.3 is 14.5 Å². The number of para-hydroxylation sites is 1. The quantitative estimate of drug-likeness (QED) is 0.517. The summed E-state index contributed by atoms with van der Waals surface area (Å²) in [7, 11) is 0. The van der Waals surface area contributed by atoms with E-state index in [0.29, 0.717) is 11.3 Å². The summed E-state index contributed by atoms with van der Waals surface area (Å²) in [5.41, 5.74) is 4.85. The van der Waals surface area contributed by atoms with Crippen molar-refractivity contribution in [2.45, 2.75) is 39.2 Å². The van der Waals surface area contributed by atoms with Crippen molar-refractivity contribution in [3.05, 3.63) is 64.8 Å². The lowest BCUT2D eigenvalue weighted by Crippen LogP contribution is -2.27. The topological polar surface area (TPSA) is 68.4 Å². The highest BCUT2D eigenvalue weighted by Gasteiger charge is 2.24. The van der Waals surface area contributed by atoms with Crippen molar-refractivity contribution in [3.8, 4) is 5.75 Å². The number of rotatable bonds is 6. The molecular formula is C23H23NO4. The van der Waals surface area contributed by atoms with Crippen LogP contribution in [0.3, 0.4) is 0 Å². The van der Waals surface area contributed by atoms with Gasteiger partial charge in [0.25, 0.3) is 0 Å². The van der Waals surface area contributed by atoms with Crippen molar-refractivity contribution in [2.24, 2.45) is 0 Å². The molecule has 0 saturated heterocycles. The minimum absolute atomic E-state index is 0.219. The second-order valence-corrected chi connectivity index (χ2v) is 7.24. The van der Waals surface area contributed by atoms with Gasteiger partial charge in [0.1, 0.15) is 5.75 Å². The molecule has 1 atom stereocenters. The maximum Gasteiger partial charge on any atom is 0.344 e. The van der Waals surface area contributed by atoms with E-state index in [1.807, 2.05) is 43.3 Å². The molecule has 1 aliphatic rings. The van der Waals surface area contributed by atoms with E-state index in [1.54, 1.807) is 6.92 Å². The van der Waals surface area contributed by atoms with Crippen LogP contribution in [0.5, 0.6) is 5.75 Å². The fourth-order valence-electron chi connectivity index (χ4n) is 3.86. The number of H-pyrrole nitrogens is 1. The Morgan fingerprint density at radius 3 is 2.75 bits per heavy atom. The number of hydrogen-bond acceptors (Lipinski definition) is 4. The molecule has 1 aliphatic carbocycles. The number of esters is 1. The van der Waals surface area contributed by atoms with Gasteiger partial charge in [-0.1, -0.05) is 24.3 Å². The Bertz CT molecular complexity index is 1050. The summed E-state index contributed by atoms with van der Waals surface area (Å²) in [5.74, 6) is -0.122. The summed E-state index contributed by atoms with van der Waals surface area (Å²) in [4.78, 5) is 28.2. The maximum absolute atomic E-state index is 12.8. The Morgan fingerprint density at radius 1 is 1.11 bits per heavy atom. The first-order valence-corrected chi connectivity index (χ1v) is 9.58. The predicted molar refractivity (Wildman–Crippen MR) is 107 cm³/mol. The Kier molecular flexibility index (Phi) is 4.90. The summed E-state index contributed by atoms with van der Waals surface area (Å²) >= 11 is 0. The molecule has 1 heterocycles. The van der Waals surface area contributed by atoms with Gasteiger partial charge in [0.05, 0.1) is 0 Å². The van der Waals surface area contributed by atoms with E-state index < -0.39 is 12.1 Å². The first kappa shape index (κ1) is 18.3. The molecule has 0 bridgehead atoms. The van der Waals surface area contributed by atoms with Gasteiger partial charge >= 0.3 is 5.97 Å². The lowest BCUT2D eigenvalue weighted by Gasteiger charge is -2.13. The minimum atomic E-state index is -0.881. The second-order valence-electron chi connectivity index (χ2n) is 7.24. The predicted octanol–water partition coefficient (Wildman–Crippen LogP) is 4.16. The molecule has 0 saturated carbocycles. The number of fused-ring (bicyclic) bond motifs is 2. The molecule has 1 aromatic heterocycles. The van der Waals surface area contributed by atoms with Crippen LogP contribution in [0.25, 0.3) is 10.9 Å². The van der Waals surface area contributed by atoms with Gasteiger partial charge in [-0.05, 0) is 62.4 Å². The van der Waals surface area contributed by atoms with E-state index in [9.17, 15) is 9.59 Å². The molecule has 0 aliphatic heterocycles. The van der Waals surface area contributed by atoms with E-state index >= 15 is 0 Å². The average molecular weight is 377 g/mol. The van der Waals surface area contributed by atoms with E-state index in [2.05, 4.69) is 11.1 Å². The van der Waals surface area contributed by atoms with Crippen LogP contribution in [-0.2, 0) is 22.4 Å². The first-order valence-electron chi connectivity index (χ1n) is 9.58. The van der Waals surface area contributed by atoms with E-state index in [0.717, 1.165) is 35.9 Å². The van der Waals surface area contributed by atoms with E-state index in [1.165, 1.54) is 11.1 Å². The second kappa shape index (κ2) is 7.50. The number of ether oxygens (including phenoxy) is 2. The molecule has 144 valence electrons. The van der Waals surface area contributed by atoms with Gasteiger partial charge in [-0.2, -0.15) is 0 Å². The van der Waals surface area contributed by atoms with Crippen LogP contribution in [-0.4, -0.2) is 29.4 Å². The number of carbonyl (C=O) groups is 2. The number of aromatic amines is 1. The fraction of sp³-hybridized carbons (Fsp3) is 0.304. The van der Waals surface area contributed by atoms with Crippen LogP contribution < -0.4 is 4.74 Å². The highest BCUT2D eigenvalue weighted by molar-refractivity contribution is 6.11. The maximum atomic E-state index is 12.8. The minimum Gasteiger partial charge on any atom is -0.482 e. The van der Waals surface area contributed by atoms with E-state index in [-0.39, 0.29) is 12.4 Å². The molecule has 1 N–H and O–H groups in total. The molecule has 2 aromatic carbocycles. The molecule has 0 amide bonds. The largest absolute Gasteiger partial charge is 0.482 e. The number of aryl methyl sites for hydroxylation is 3. The summed E-state index contributed by atoms with van der Waals surface area (Å²) < 4.78 is 10.9. The number of hydrogen-bond donors (Lipinski definition) is 1. The molecule has 5 nitrogen and oxygen atoms in total. The number of ketones is 1. The standard InChI is InChI=1S/C23H23NO4/c1-14-22(19-8-3-4-9-20(19)24-14)23(26)15(2)28-21(25)13-27-18-11-10-16-6-5-7-17(16)12-18/h3-4,8-12,15,24H,5-7,13H2,1-2H3/t15-/m1/s1. The number of aromatic nitrogens is 1. The smallest absolute Gasteiger partial charge is 0.344 e. The van der Waals surface area contributed by atoms with Crippen molar-refractivity contribution in [3.63, 3.8) is 0 Å². The lowest BCUT2D eigenvalue weighted by molar-refractivity contribution is -0.148. The fourth-order valence-corrected chi connectivity index (χ4v) is 3.86. The molecule has 28 heavy (non-hydrogen) atoms. The third kappa shape index (κ3) is 3.52. The SMILES string of the molecule is Cc1[nH]c2ccccc2c1C(=O)[C@@H](C)OC(=O)COc1ccc2c(c1)CCC2. The van der Waals surface area contributed by atoms with Gasteiger partial charge in [0.15, 0.2) is 12.7 Å². The summed E-state index contributed by atoms with van der Waals surface area (Å²) in [6.07, 6.45) is 2.43. The monoisotopic (exact) mass is 377 g/mol. The van der Waals surface area contributed by atoms with Gasteiger partial charge in [-0.3, -0.25) is 4.79 Å². The van der Waals surface area contributed by atoms with Crippen LogP contribution in [0.1, 0.15) is 40.5 Å². The number of nitrogens with one attached hydrogen (secondary N) is 1. The normalized spacial score (nSPS) is 13.9. The molecule has 0 radical (unpaired) electrons. The van der Waals surface area contributed by atoms with Crippen LogP contribution in [0.4, 0.5) is 0 Å². The van der Waals surface area contributed by atoms with Crippen molar-refractivity contribution < 1.29 is 19.1 Å². The molecule has 0 unspecified atom stereocenters. The Hall–Kier alpha value is -3.08. The Morgan fingerprint density at radius 2 is 1.89 bits per heavy atom. The lowest BCUT2D eigenvalue weighted by atomic mass is 10.0. The van der Waals surface area contributed by atoms with Gasteiger partial charge in [-0.15, -0.1) is 0 Å². The van der Waals surface area contributed by atoms with Crippen molar-refractivity contribution in [2.75, 3.05) is 6.61 Å². The third-order valence-electron chi connectivity index (χ3n) is 5.24. The van der Waals surface area contributed by atoms with E-state index in [4.69, 9.17) is 9.47 Å². The van der Waals surface area contributed by atoms with Gasteiger partial charge in [0.2, 0.25) is 5.78 Å². The van der Waals surface area contributed by atoms with Crippen LogP contribution in [0.15, 0.2) is 42.5 Å². The zero-order valence-corrected chi connectivity index (χ0v) is 16.1. The summed E-state index contributed by atoms with van der Waals surface area (Å²) in [6.45, 7) is 3.22. The highest BCUT2D eigenvalue weighted by Crippen LogP contribution is 2.26. The van der Waals surface area contributed by atoms with Crippen molar-refractivity contribution in [1.82, 2.24) is 4.98 Å². The van der Waals surface area contributed by atoms with Crippen molar-refractivity contribution in [1.29, 1.82) is 0 Å². The first-order chi connectivity index (χ1) is 13.5. The van der Waals surface area contributed by atoms with Gasteiger partial charge in [0, 0.05) is 22.2 Å². The molecule has 4 rings (SSSR count). The Balaban J connectivity index is 1.38. The molecule has 0 fully saturated rings. The molecule has 0 spiro atoms. The summed E-state index contributed by atoms with van der Waals surface area (Å²) in [6, 6.07) is 13.5. The zero-order chi connectivity index (χ0) is 19.7. The van der Waals surface area contributed by atoms with Crippen LogP contribution in [0.2, 0.25) is 0 Å². The number of benzene rings is 2. The number of carbonyl (C=O) groups excluding carboxylic acids is 2. The number of Topliss-reactive ketones (excluding diaryl/α,β-unsaturated/α-hetero) is 1. The average Bonchev–Trinajstić information content (AvgIpc) is 3.28. The van der Waals surface area contributed by atoms with Crippen LogP contribution in [0, 0.1) is 6.92 Å². The van der Waals surface area contributed by atoms with Crippen molar-refractivity contribution >= 4 is 22.7 Å². The summed E-state index contributed by atoms with van der Waals surface area (Å²) in [5, 5.41) is 0.835. The molecule has 5 heteroatoms. The third-order valence-corrected chi connectivity index (χ3v) is 5.24. The van der Waals surface area contributed by atoms with Crippen LogP contribution >= 0.6 is 0 Å². The molecular weight excluding hydrogens is 354 g/mol. The zero-order valence-electron chi connectivity index (χ0n) is 16.1.